The number of hydrogen-bond acceptors (Lipinski definition) is 2. The molecule has 1 saturated heterocycles. The Labute approximate surface area is 105 Å². The first-order valence-electron chi connectivity index (χ1n) is 6.03. The van der Waals surface area contributed by atoms with Gasteiger partial charge in [0.05, 0.1) is 16.7 Å². The van der Waals surface area contributed by atoms with Crippen LogP contribution in [0.25, 0.3) is 5.52 Å². The summed E-state index contributed by atoms with van der Waals surface area (Å²) in [5.74, 6) is 1.79. The lowest BCUT2D eigenvalue weighted by Gasteiger charge is -2.21. The first-order chi connectivity index (χ1) is 8.34. The Morgan fingerprint density at radius 3 is 3.06 bits per heavy atom. The Morgan fingerprint density at radius 1 is 1.41 bits per heavy atom. The molecule has 3 heterocycles. The molecule has 0 saturated carbocycles. The molecule has 17 heavy (non-hydrogen) atoms. The van der Waals surface area contributed by atoms with Gasteiger partial charge in [-0.2, -0.15) is 0 Å². The van der Waals surface area contributed by atoms with E-state index in [1.807, 2.05) is 24.5 Å². The molecule has 90 valence electrons. The molecule has 3 nitrogen and oxygen atoms in total. The molecule has 0 aromatic carbocycles. The molecule has 0 radical (unpaired) electrons. The number of ether oxygens (including phenoxy) is 1. The second-order valence-electron chi connectivity index (χ2n) is 4.55. The van der Waals surface area contributed by atoms with Gasteiger partial charge in [-0.05, 0) is 30.9 Å². The highest BCUT2D eigenvalue weighted by Crippen LogP contribution is 2.22. The summed E-state index contributed by atoms with van der Waals surface area (Å²) >= 11 is 6.13. The number of rotatable bonds is 2. The van der Waals surface area contributed by atoms with Crippen LogP contribution < -0.4 is 0 Å². The second-order valence-corrected chi connectivity index (χ2v) is 4.95. The summed E-state index contributed by atoms with van der Waals surface area (Å²) in [6, 6.07) is 3.86. The lowest BCUT2D eigenvalue weighted by atomic mass is 9.96. The van der Waals surface area contributed by atoms with Crippen molar-refractivity contribution in [2.24, 2.45) is 5.92 Å². The van der Waals surface area contributed by atoms with E-state index in [1.165, 1.54) is 0 Å². The van der Waals surface area contributed by atoms with E-state index in [2.05, 4.69) is 9.38 Å². The number of hydrogen-bond donors (Lipinski definition) is 0. The number of nitrogens with zero attached hydrogens (tertiary/aromatic N) is 2. The molecule has 4 heteroatoms. The molecule has 3 rings (SSSR count). The largest absolute Gasteiger partial charge is 0.381 e. The van der Waals surface area contributed by atoms with Crippen molar-refractivity contribution >= 4 is 17.1 Å². The molecule has 0 atom stereocenters. The van der Waals surface area contributed by atoms with E-state index in [-0.39, 0.29) is 0 Å². The molecular formula is C13H15ClN2O. The van der Waals surface area contributed by atoms with Gasteiger partial charge in [-0.15, -0.1) is 0 Å². The lowest BCUT2D eigenvalue weighted by molar-refractivity contribution is 0.0659. The fraction of sp³-hybridized carbons (Fsp3) is 0.462. The third-order valence-corrected chi connectivity index (χ3v) is 3.73. The summed E-state index contributed by atoms with van der Waals surface area (Å²) in [7, 11) is 0. The first-order valence-corrected chi connectivity index (χ1v) is 6.40. The van der Waals surface area contributed by atoms with E-state index in [1.54, 1.807) is 0 Å². The molecule has 0 unspecified atom stereocenters. The van der Waals surface area contributed by atoms with Gasteiger partial charge in [0.25, 0.3) is 0 Å². The Bertz CT molecular complexity index is 517. The second kappa shape index (κ2) is 4.67. The van der Waals surface area contributed by atoms with Crippen molar-refractivity contribution in [1.29, 1.82) is 0 Å². The third kappa shape index (κ3) is 2.17. The maximum atomic E-state index is 6.13. The van der Waals surface area contributed by atoms with Crippen LogP contribution >= 0.6 is 11.6 Å². The minimum Gasteiger partial charge on any atom is -0.381 e. The minimum absolute atomic E-state index is 0.688. The van der Waals surface area contributed by atoms with Crippen LogP contribution in [-0.2, 0) is 11.2 Å². The quantitative estimate of drug-likeness (QED) is 0.819. The molecule has 1 aliphatic rings. The van der Waals surface area contributed by atoms with Gasteiger partial charge >= 0.3 is 0 Å². The molecule has 0 amide bonds. The zero-order chi connectivity index (χ0) is 11.7. The van der Waals surface area contributed by atoms with E-state index >= 15 is 0 Å². The third-order valence-electron chi connectivity index (χ3n) is 3.41. The van der Waals surface area contributed by atoms with Gasteiger partial charge in [0, 0.05) is 25.8 Å². The van der Waals surface area contributed by atoms with Crippen molar-refractivity contribution in [2.75, 3.05) is 13.2 Å². The van der Waals surface area contributed by atoms with Gasteiger partial charge in [0.15, 0.2) is 0 Å². The average molecular weight is 251 g/mol. The monoisotopic (exact) mass is 250 g/mol. The lowest BCUT2D eigenvalue weighted by Crippen LogP contribution is -2.18. The maximum Gasteiger partial charge on any atom is 0.113 e. The topological polar surface area (TPSA) is 26.5 Å². The standard InChI is InChI=1S/C13H15ClN2O/c14-11-2-1-5-16-12(11)9-15-13(16)8-10-3-6-17-7-4-10/h1-2,5,9-10H,3-4,6-8H2. The minimum atomic E-state index is 0.688. The molecule has 0 N–H and O–H groups in total. The van der Waals surface area contributed by atoms with Crippen LogP contribution in [0.1, 0.15) is 18.7 Å². The van der Waals surface area contributed by atoms with Crippen molar-refractivity contribution in [2.45, 2.75) is 19.3 Å². The number of imidazole rings is 1. The molecule has 0 spiro atoms. The highest BCUT2D eigenvalue weighted by molar-refractivity contribution is 6.33. The predicted molar refractivity (Wildman–Crippen MR) is 67.4 cm³/mol. The fourth-order valence-corrected chi connectivity index (χ4v) is 2.61. The Morgan fingerprint density at radius 2 is 2.24 bits per heavy atom. The number of halogens is 1. The number of pyridine rings is 1. The van der Waals surface area contributed by atoms with Crippen LogP contribution in [0.15, 0.2) is 24.5 Å². The van der Waals surface area contributed by atoms with Gasteiger partial charge in [-0.3, -0.25) is 0 Å². The van der Waals surface area contributed by atoms with E-state index in [4.69, 9.17) is 16.3 Å². The van der Waals surface area contributed by atoms with Gasteiger partial charge in [0.1, 0.15) is 5.82 Å². The van der Waals surface area contributed by atoms with Crippen LogP contribution in [0.5, 0.6) is 0 Å². The van der Waals surface area contributed by atoms with Crippen molar-refractivity contribution in [1.82, 2.24) is 9.38 Å². The van der Waals surface area contributed by atoms with Crippen molar-refractivity contribution in [3.05, 3.63) is 35.4 Å². The van der Waals surface area contributed by atoms with Crippen LogP contribution in [0.2, 0.25) is 5.02 Å². The Balaban J connectivity index is 1.87. The zero-order valence-corrected chi connectivity index (χ0v) is 10.4. The molecule has 1 fully saturated rings. The molecule has 0 bridgehead atoms. The summed E-state index contributed by atoms with van der Waals surface area (Å²) in [6.45, 7) is 1.77. The highest BCUT2D eigenvalue weighted by Gasteiger charge is 2.17. The summed E-state index contributed by atoms with van der Waals surface area (Å²) in [5.41, 5.74) is 0.997. The molecule has 2 aromatic heterocycles. The van der Waals surface area contributed by atoms with Gasteiger partial charge < -0.3 is 9.14 Å². The number of aromatic nitrogens is 2. The van der Waals surface area contributed by atoms with E-state index < -0.39 is 0 Å². The molecule has 1 aliphatic heterocycles. The highest BCUT2D eigenvalue weighted by atomic mass is 35.5. The van der Waals surface area contributed by atoms with Crippen LogP contribution in [0.4, 0.5) is 0 Å². The van der Waals surface area contributed by atoms with E-state index in [0.29, 0.717) is 5.92 Å². The summed E-state index contributed by atoms with van der Waals surface area (Å²) in [6.07, 6.45) is 7.17. The molecule has 0 aliphatic carbocycles. The van der Waals surface area contributed by atoms with Crippen molar-refractivity contribution < 1.29 is 4.74 Å². The van der Waals surface area contributed by atoms with E-state index in [0.717, 1.165) is 48.8 Å². The SMILES string of the molecule is Clc1cccn2c(CC3CCOCC3)ncc12. The molecular weight excluding hydrogens is 236 g/mol. The molecule has 2 aromatic rings. The normalized spacial score (nSPS) is 17.7. The van der Waals surface area contributed by atoms with Gasteiger partial charge in [-0.25, -0.2) is 4.98 Å². The van der Waals surface area contributed by atoms with Crippen LogP contribution in [-0.4, -0.2) is 22.6 Å². The fourth-order valence-electron chi connectivity index (χ4n) is 2.40. The smallest absolute Gasteiger partial charge is 0.113 e. The Hall–Kier alpha value is -1.06. The number of fused-ring (bicyclic) bond motifs is 1. The van der Waals surface area contributed by atoms with Crippen LogP contribution in [0.3, 0.4) is 0 Å². The maximum absolute atomic E-state index is 6.13. The summed E-state index contributed by atoms with van der Waals surface area (Å²) < 4.78 is 7.47. The van der Waals surface area contributed by atoms with Gasteiger partial charge in [0.2, 0.25) is 0 Å². The first kappa shape index (κ1) is 11.1. The van der Waals surface area contributed by atoms with E-state index in [9.17, 15) is 0 Å². The van der Waals surface area contributed by atoms with Crippen molar-refractivity contribution in [3.8, 4) is 0 Å². The summed E-state index contributed by atoms with van der Waals surface area (Å²) in [4.78, 5) is 4.49. The Kier molecular flexibility index (Phi) is 3.04. The van der Waals surface area contributed by atoms with Crippen LogP contribution in [0, 0.1) is 5.92 Å². The van der Waals surface area contributed by atoms with Gasteiger partial charge in [-0.1, -0.05) is 11.6 Å². The predicted octanol–water partition coefficient (Wildman–Crippen LogP) is 2.96. The summed E-state index contributed by atoms with van der Waals surface area (Å²) in [5, 5.41) is 0.762. The zero-order valence-electron chi connectivity index (χ0n) is 9.60. The average Bonchev–Trinajstić information content (AvgIpc) is 2.76. The van der Waals surface area contributed by atoms with Crippen molar-refractivity contribution in [3.63, 3.8) is 0 Å².